The van der Waals surface area contributed by atoms with Crippen LogP contribution >= 0.6 is 0 Å². The van der Waals surface area contributed by atoms with E-state index < -0.39 is 29.1 Å². The summed E-state index contributed by atoms with van der Waals surface area (Å²) in [7, 11) is 0. The highest BCUT2D eigenvalue weighted by molar-refractivity contribution is 5.30. The summed E-state index contributed by atoms with van der Waals surface area (Å²) in [6, 6.07) is 4.05. The number of aliphatic hydroxyl groups is 1. The fourth-order valence-corrected chi connectivity index (χ4v) is 1.52. The molecule has 17 heavy (non-hydrogen) atoms. The summed E-state index contributed by atoms with van der Waals surface area (Å²) >= 11 is 0. The highest BCUT2D eigenvalue weighted by Gasteiger charge is 2.20. The van der Waals surface area contributed by atoms with Crippen LogP contribution in [0, 0.1) is 17.5 Å². The Bertz CT molecular complexity index is 508. The second kappa shape index (κ2) is 4.55. The fraction of sp³-hybridized carbons (Fsp3) is 0.0833. The van der Waals surface area contributed by atoms with E-state index in [4.69, 9.17) is 0 Å². The molecule has 1 aromatic heterocycles. The van der Waals surface area contributed by atoms with E-state index in [1.807, 2.05) is 0 Å². The van der Waals surface area contributed by atoms with E-state index >= 15 is 0 Å². The average Bonchev–Trinajstić information content (AvgIpc) is 2.28. The summed E-state index contributed by atoms with van der Waals surface area (Å²) < 4.78 is 39.5. The van der Waals surface area contributed by atoms with Gasteiger partial charge in [-0.3, -0.25) is 4.98 Å². The van der Waals surface area contributed by atoms with Crippen LogP contribution in [0.2, 0.25) is 0 Å². The van der Waals surface area contributed by atoms with Gasteiger partial charge < -0.3 is 5.11 Å². The number of aromatic nitrogens is 1. The van der Waals surface area contributed by atoms with E-state index in [1.165, 1.54) is 24.5 Å². The minimum atomic E-state index is -1.51. The third-order valence-electron chi connectivity index (χ3n) is 2.32. The van der Waals surface area contributed by atoms with Crippen molar-refractivity contribution in [3.05, 3.63) is 65.2 Å². The van der Waals surface area contributed by atoms with E-state index in [2.05, 4.69) is 4.98 Å². The molecule has 0 bridgehead atoms. The summed E-state index contributed by atoms with van der Waals surface area (Å²) in [6.45, 7) is 0. The van der Waals surface area contributed by atoms with E-state index in [0.717, 1.165) is 0 Å². The van der Waals surface area contributed by atoms with Crippen LogP contribution in [0.25, 0.3) is 0 Å². The van der Waals surface area contributed by atoms with Gasteiger partial charge in [0.15, 0.2) is 0 Å². The van der Waals surface area contributed by atoms with Gasteiger partial charge in [0.2, 0.25) is 0 Å². The molecule has 0 fully saturated rings. The first-order valence-electron chi connectivity index (χ1n) is 4.82. The van der Waals surface area contributed by atoms with Crippen LogP contribution in [-0.2, 0) is 0 Å². The Morgan fingerprint density at radius 1 is 1.12 bits per heavy atom. The zero-order valence-corrected chi connectivity index (χ0v) is 8.57. The molecule has 0 spiro atoms. The van der Waals surface area contributed by atoms with Gasteiger partial charge in [-0.25, -0.2) is 13.2 Å². The van der Waals surface area contributed by atoms with Gasteiger partial charge in [-0.2, -0.15) is 0 Å². The normalized spacial score (nSPS) is 12.5. The summed E-state index contributed by atoms with van der Waals surface area (Å²) in [5, 5.41) is 9.80. The molecule has 0 aliphatic rings. The van der Waals surface area contributed by atoms with Gasteiger partial charge in [-0.15, -0.1) is 0 Å². The molecule has 2 nitrogen and oxygen atoms in total. The lowest BCUT2D eigenvalue weighted by molar-refractivity contribution is 0.208. The van der Waals surface area contributed by atoms with Crippen molar-refractivity contribution in [3.63, 3.8) is 0 Å². The Morgan fingerprint density at radius 2 is 1.76 bits per heavy atom. The molecule has 0 amide bonds. The number of rotatable bonds is 2. The average molecular weight is 239 g/mol. The molecule has 2 rings (SSSR count). The molecule has 1 atom stereocenters. The molecular formula is C12H8F3NO. The third kappa shape index (κ3) is 2.29. The van der Waals surface area contributed by atoms with Gasteiger partial charge in [0, 0.05) is 30.1 Å². The number of aliphatic hydroxyl groups excluding tert-OH is 1. The quantitative estimate of drug-likeness (QED) is 0.873. The molecule has 0 saturated carbocycles. The molecule has 88 valence electrons. The SMILES string of the molecule is OC(c1cccnc1)c1c(F)cc(F)cc1F. The summed E-state index contributed by atoms with van der Waals surface area (Å²) in [5.41, 5.74) is -0.351. The lowest BCUT2D eigenvalue weighted by atomic mass is 10.0. The lowest BCUT2D eigenvalue weighted by Gasteiger charge is -2.12. The minimum absolute atomic E-state index is 0.233. The van der Waals surface area contributed by atoms with E-state index in [1.54, 1.807) is 0 Å². The Balaban J connectivity index is 2.48. The maximum Gasteiger partial charge on any atom is 0.135 e. The van der Waals surface area contributed by atoms with Gasteiger partial charge >= 0.3 is 0 Å². The summed E-state index contributed by atoms with van der Waals surface area (Å²) in [4.78, 5) is 3.73. The molecule has 2 aromatic rings. The Kier molecular flexibility index (Phi) is 3.10. The maximum absolute atomic E-state index is 13.4. The molecule has 1 heterocycles. The number of hydrogen-bond acceptors (Lipinski definition) is 2. The third-order valence-corrected chi connectivity index (χ3v) is 2.32. The largest absolute Gasteiger partial charge is 0.383 e. The highest BCUT2D eigenvalue weighted by atomic mass is 19.1. The predicted octanol–water partition coefficient (Wildman–Crippen LogP) is 2.58. The first-order valence-corrected chi connectivity index (χ1v) is 4.82. The zero-order chi connectivity index (χ0) is 12.4. The number of benzene rings is 1. The first-order chi connectivity index (χ1) is 8.09. The summed E-state index contributed by atoms with van der Waals surface area (Å²) in [6.07, 6.45) is 1.24. The molecule has 1 aromatic carbocycles. The van der Waals surface area contributed by atoms with Crippen LogP contribution in [0.1, 0.15) is 17.2 Å². The molecular weight excluding hydrogens is 231 g/mol. The Labute approximate surface area is 95.4 Å². The van der Waals surface area contributed by atoms with Gasteiger partial charge in [-0.1, -0.05) is 6.07 Å². The van der Waals surface area contributed by atoms with Crippen molar-refractivity contribution in [2.75, 3.05) is 0 Å². The number of hydrogen-bond donors (Lipinski definition) is 1. The van der Waals surface area contributed by atoms with Gasteiger partial charge in [0.1, 0.15) is 23.6 Å². The summed E-state index contributed by atoms with van der Waals surface area (Å²) in [5.74, 6) is -3.28. The Morgan fingerprint density at radius 3 is 2.29 bits per heavy atom. The van der Waals surface area contributed by atoms with Gasteiger partial charge in [0.05, 0.1) is 5.56 Å². The zero-order valence-electron chi connectivity index (χ0n) is 8.57. The van der Waals surface area contributed by atoms with Gasteiger partial charge in [0.25, 0.3) is 0 Å². The standard InChI is InChI=1S/C12H8F3NO/c13-8-4-9(14)11(10(15)5-8)12(17)7-2-1-3-16-6-7/h1-6,12,17H. The molecule has 0 saturated heterocycles. The van der Waals surface area contributed by atoms with E-state index in [-0.39, 0.29) is 5.56 Å². The smallest absolute Gasteiger partial charge is 0.135 e. The van der Waals surface area contributed by atoms with Crippen molar-refractivity contribution in [3.8, 4) is 0 Å². The molecule has 5 heteroatoms. The lowest BCUT2D eigenvalue weighted by Crippen LogP contribution is -2.06. The minimum Gasteiger partial charge on any atom is -0.383 e. The van der Waals surface area contributed by atoms with Gasteiger partial charge in [-0.05, 0) is 6.07 Å². The van der Waals surface area contributed by atoms with Crippen LogP contribution in [0.5, 0.6) is 0 Å². The van der Waals surface area contributed by atoms with Crippen molar-refractivity contribution in [2.24, 2.45) is 0 Å². The fourth-order valence-electron chi connectivity index (χ4n) is 1.52. The van der Waals surface area contributed by atoms with E-state index in [0.29, 0.717) is 12.1 Å². The van der Waals surface area contributed by atoms with Crippen LogP contribution in [0.3, 0.4) is 0 Å². The highest BCUT2D eigenvalue weighted by Crippen LogP contribution is 2.26. The molecule has 0 aliphatic heterocycles. The van der Waals surface area contributed by atoms with Crippen LogP contribution < -0.4 is 0 Å². The second-order valence-corrected chi connectivity index (χ2v) is 3.47. The monoisotopic (exact) mass is 239 g/mol. The maximum atomic E-state index is 13.4. The van der Waals surface area contributed by atoms with Crippen molar-refractivity contribution in [1.82, 2.24) is 4.98 Å². The van der Waals surface area contributed by atoms with E-state index in [9.17, 15) is 18.3 Å². The van der Waals surface area contributed by atoms with Crippen molar-refractivity contribution in [1.29, 1.82) is 0 Å². The van der Waals surface area contributed by atoms with Crippen molar-refractivity contribution < 1.29 is 18.3 Å². The van der Waals surface area contributed by atoms with Crippen LogP contribution in [-0.4, -0.2) is 10.1 Å². The van der Waals surface area contributed by atoms with Crippen LogP contribution in [0.15, 0.2) is 36.7 Å². The Hall–Kier alpha value is -1.88. The predicted molar refractivity (Wildman–Crippen MR) is 54.6 cm³/mol. The van der Waals surface area contributed by atoms with Crippen molar-refractivity contribution >= 4 is 0 Å². The van der Waals surface area contributed by atoms with Crippen LogP contribution in [0.4, 0.5) is 13.2 Å². The van der Waals surface area contributed by atoms with Crippen molar-refractivity contribution in [2.45, 2.75) is 6.10 Å². The molecule has 0 radical (unpaired) electrons. The topological polar surface area (TPSA) is 33.1 Å². The second-order valence-electron chi connectivity index (χ2n) is 3.47. The number of pyridine rings is 1. The first kappa shape index (κ1) is 11.6. The molecule has 0 aliphatic carbocycles. The molecule has 1 N–H and O–H groups in total. The number of halogens is 3. The molecule has 1 unspecified atom stereocenters. The number of nitrogens with zero attached hydrogens (tertiary/aromatic N) is 1.